The maximum atomic E-state index is 6.22. The van der Waals surface area contributed by atoms with Gasteiger partial charge in [0.2, 0.25) is 0 Å². The van der Waals surface area contributed by atoms with Gasteiger partial charge in [0.15, 0.2) is 0 Å². The van der Waals surface area contributed by atoms with Crippen LogP contribution in [0.5, 0.6) is 0 Å². The third kappa shape index (κ3) is 3.44. The lowest BCUT2D eigenvalue weighted by molar-refractivity contribution is 1.40. The largest absolute Gasteiger partial charge is 0.383 e. The number of aryl methyl sites for hydroxylation is 1. The Bertz CT molecular complexity index is 893. The lowest BCUT2D eigenvalue weighted by Crippen LogP contribution is -2.13. The summed E-state index contributed by atoms with van der Waals surface area (Å²) >= 11 is 0. The van der Waals surface area contributed by atoms with E-state index in [1.54, 1.807) is 0 Å². The standard InChI is InChI=1S/C22H20N2/c1-16-9-8-12-19(15-16)22(23)24-21-14-7-6-13-20(21)17(2)18-10-4-3-5-11-18/h3-15H,2H2,1H3,(H2,23,24). The Kier molecular flexibility index (Phi) is 4.57. The van der Waals surface area contributed by atoms with E-state index in [2.05, 4.69) is 11.6 Å². The molecule has 118 valence electrons. The van der Waals surface area contributed by atoms with Crippen LogP contribution >= 0.6 is 0 Å². The van der Waals surface area contributed by atoms with Crippen LogP contribution in [-0.2, 0) is 0 Å². The van der Waals surface area contributed by atoms with Crippen molar-refractivity contribution < 1.29 is 0 Å². The van der Waals surface area contributed by atoms with Crippen LogP contribution in [0.1, 0.15) is 22.3 Å². The molecule has 3 aromatic rings. The zero-order valence-electron chi connectivity index (χ0n) is 13.7. The summed E-state index contributed by atoms with van der Waals surface area (Å²) in [5.41, 5.74) is 12.1. The molecule has 2 nitrogen and oxygen atoms in total. The zero-order chi connectivity index (χ0) is 16.9. The second-order valence-electron chi connectivity index (χ2n) is 5.73. The number of para-hydroxylation sites is 1. The molecule has 0 aliphatic heterocycles. The summed E-state index contributed by atoms with van der Waals surface area (Å²) in [4.78, 5) is 4.65. The van der Waals surface area contributed by atoms with E-state index < -0.39 is 0 Å². The van der Waals surface area contributed by atoms with Crippen molar-refractivity contribution >= 4 is 17.1 Å². The molecule has 0 fully saturated rings. The molecule has 0 unspecified atom stereocenters. The van der Waals surface area contributed by atoms with Crippen molar-refractivity contribution in [3.05, 3.63) is 108 Å². The number of hydrogen-bond donors (Lipinski definition) is 1. The molecule has 2 N–H and O–H groups in total. The van der Waals surface area contributed by atoms with E-state index in [0.29, 0.717) is 5.84 Å². The summed E-state index contributed by atoms with van der Waals surface area (Å²) in [5, 5.41) is 0. The average Bonchev–Trinajstić information content (AvgIpc) is 2.62. The smallest absolute Gasteiger partial charge is 0.131 e. The fraction of sp³-hybridized carbons (Fsp3) is 0.0455. The van der Waals surface area contributed by atoms with E-state index in [9.17, 15) is 0 Å². The van der Waals surface area contributed by atoms with E-state index in [-0.39, 0.29) is 0 Å². The first-order valence-corrected chi connectivity index (χ1v) is 7.90. The maximum Gasteiger partial charge on any atom is 0.131 e. The van der Waals surface area contributed by atoms with Crippen LogP contribution in [0.25, 0.3) is 5.57 Å². The minimum absolute atomic E-state index is 0.506. The van der Waals surface area contributed by atoms with Crippen molar-refractivity contribution in [3.63, 3.8) is 0 Å². The molecule has 0 aromatic heterocycles. The van der Waals surface area contributed by atoms with E-state index >= 15 is 0 Å². The van der Waals surface area contributed by atoms with Crippen LogP contribution in [0.2, 0.25) is 0 Å². The number of rotatable bonds is 4. The van der Waals surface area contributed by atoms with Gasteiger partial charge in [0.1, 0.15) is 5.84 Å². The van der Waals surface area contributed by atoms with E-state index in [1.165, 1.54) is 0 Å². The van der Waals surface area contributed by atoms with Gasteiger partial charge in [-0.25, -0.2) is 4.99 Å². The van der Waals surface area contributed by atoms with Crippen molar-refractivity contribution in [2.45, 2.75) is 6.92 Å². The third-order valence-electron chi connectivity index (χ3n) is 3.91. The molecular weight excluding hydrogens is 292 g/mol. The van der Waals surface area contributed by atoms with Crippen molar-refractivity contribution in [1.29, 1.82) is 0 Å². The lowest BCUT2D eigenvalue weighted by atomic mass is 9.98. The molecule has 0 saturated carbocycles. The summed E-state index contributed by atoms with van der Waals surface area (Å²) < 4.78 is 0. The van der Waals surface area contributed by atoms with Crippen LogP contribution < -0.4 is 5.73 Å². The second kappa shape index (κ2) is 6.97. The minimum atomic E-state index is 0.506. The number of nitrogens with two attached hydrogens (primary N) is 1. The number of nitrogens with zero attached hydrogens (tertiary/aromatic N) is 1. The highest BCUT2D eigenvalue weighted by Gasteiger charge is 2.08. The van der Waals surface area contributed by atoms with E-state index in [0.717, 1.165) is 33.5 Å². The topological polar surface area (TPSA) is 38.4 Å². The Labute approximate surface area is 143 Å². The normalized spacial score (nSPS) is 11.3. The molecular formula is C22H20N2. The summed E-state index contributed by atoms with van der Waals surface area (Å²) in [6.45, 7) is 6.28. The van der Waals surface area contributed by atoms with Gasteiger partial charge in [-0.05, 0) is 30.2 Å². The van der Waals surface area contributed by atoms with Crippen LogP contribution in [-0.4, -0.2) is 5.84 Å². The number of aliphatic imine (C=N–C) groups is 1. The van der Waals surface area contributed by atoms with Gasteiger partial charge in [0.25, 0.3) is 0 Å². The number of benzene rings is 3. The monoisotopic (exact) mass is 312 g/mol. The van der Waals surface area contributed by atoms with E-state index in [1.807, 2.05) is 85.8 Å². The van der Waals surface area contributed by atoms with Crippen molar-refractivity contribution in [3.8, 4) is 0 Å². The minimum Gasteiger partial charge on any atom is -0.383 e. The van der Waals surface area contributed by atoms with Gasteiger partial charge in [-0.3, -0.25) is 0 Å². The Balaban J connectivity index is 2.01. The van der Waals surface area contributed by atoms with Crippen LogP contribution in [0.3, 0.4) is 0 Å². The molecule has 3 rings (SSSR count). The summed E-state index contributed by atoms with van der Waals surface area (Å²) in [6, 6.07) is 26.1. The first-order valence-electron chi connectivity index (χ1n) is 7.90. The zero-order valence-corrected chi connectivity index (χ0v) is 13.7. The van der Waals surface area contributed by atoms with Gasteiger partial charge in [-0.2, -0.15) is 0 Å². The Hall–Kier alpha value is -3.13. The predicted molar refractivity (Wildman–Crippen MR) is 103 cm³/mol. The van der Waals surface area contributed by atoms with Gasteiger partial charge < -0.3 is 5.73 Å². The Morgan fingerprint density at radius 3 is 2.25 bits per heavy atom. The molecule has 0 aliphatic carbocycles. The molecule has 0 atom stereocenters. The Morgan fingerprint density at radius 2 is 1.50 bits per heavy atom. The van der Waals surface area contributed by atoms with Gasteiger partial charge in [0, 0.05) is 11.1 Å². The second-order valence-corrected chi connectivity index (χ2v) is 5.73. The summed E-state index contributed by atoms with van der Waals surface area (Å²) in [6.07, 6.45) is 0. The van der Waals surface area contributed by atoms with Crippen molar-refractivity contribution in [1.82, 2.24) is 0 Å². The molecule has 0 radical (unpaired) electrons. The molecule has 0 heterocycles. The van der Waals surface area contributed by atoms with Gasteiger partial charge in [-0.15, -0.1) is 0 Å². The first kappa shape index (κ1) is 15.8. The van der Waals surface area contributed by atoms with Crippen LogP contribution in [0, 0.1) is 6.92 Å². The molecule has 24 heavy (non-hydrogen) atoms. The summed E-state index contributed by atoms with van der Waals surface area (Å²) in [7, 11) is 0. The molecule has 0 amide bonds. The highest BCUT2D eigenvalue weighted by atomic mass is 14.9. The highest BCUT2D eigenvalue weighted by molar-refractivity contribution is 6.00. The van der Waals surface area contributed by atoms with Crippen LogP contribution in [0.15, 0.2) is 90.4 Å². The molecule has 3 aromatic carbocycles. The first-order chi connectivity index (χ1) is 11.6. The predicted octanol–water partition coefficient (Wildman–Crippen LogP) is 5.09. The van der Waals surface area contributed by atoms with Gasteiger partial charge in [-0.1, -0.05) is 78.9 Å². The number of hydrogen-bond acceptors (Lipinski definition) is 1. The lowest BCUT2D eigenvalue weighted by Gasteiger charge is -2.10. The van der Waals surface area contributed by atoms with Crippen molar-refractivity contribution in [2.24, 2.45) is 10.7 Å². The summed E-state index contributed by atoms with van der Waals surface area (Å²) in [5.74, 6) is 0.506. The molecule has 2 heteroatoms. The molecule has 0 bridgehead atoms. The highest BCUT2D eigenvalue weighted by Crippen LogP contribution is 2.30. The van der Waals surface area contributed by atoms with E-state index in [4.69, 9.17) is 5.73 Å². The molecule has 0 aliphatic rings. The third-order valence-corrected chi connectivity index (χ3v) is 3.91. The Morgan fingerprint density at radius 1 is 0.833 bits per heavy atom. The van der Waals surface area contributed by atoms with Crippen LogP contribution in [0.4, 0.5) is 5.69 Å². The van der Waals surface area contributed by atoms with Crippen molar-refractivity contribution in [2.75, 3.05) is 0 Å². The molecule has 0 saturated heterocycles. The SMILES string of the molecule is C=C(c1ccccc1)c1ccccc1N=C(N)c1cccc(C)c1. The quantitative estimate of drug-likeness (QED) is 0.528. The molecule has 0 spiro atoms. The number of amidine groups is 1. The van der Waals surface area contributed by atoms with Gasteiger partial charge >= 0.3 is 0 Å². The maximum absolute atomic E-state index is 6.22. The average molecular weight is 312 g/mol. The fourth-order valence-corrected chi connectivity index (χ4v) is 2.62. The van der Waals surface area contributed by atoms with Gasteiger partial charge in [0.05, 0.1) is 5.69 Å². The fourth-order valence-electron chi connectivity index (χ4n) is 2.62.